The number of anilines is 1. The highest BCUT2D eigenvalue weighted by molar-refractivity contribution is 5.97. The third-order valence-corrected chi connectivity index (χ3v) is 3.38. The minimum Gasteiger partial charge on any atom is -0.345 e. The van der Waals surface area contributed by atoms with Gasteiger partial charge in [0.25, 0.3) is 0 Å². The summed E-state index contributed by atoms with van der Waals surface area (Å²) < 4.78 is 0. The predicted octanol–water partition coefficient (Wildman–Crippen LogP) is 4.03. The van der Waals surface area contributed by atoms with Crippen LogP contribution >= 0.6 is 0 Å². The minimum atomic E-state index is -0.218. The van der Waals surface area contributed by atoms with E-state index in [1.807, 2.05) is 42.5 Å². The van der Waals surface area contributed by atoms with Crippen LogP contribution < -0.4 is 5.32 Å². The van der Waals surface area contributed by atoms with E-state index in [9.17, 15) is 0 Å². The molecule has 1 N–H and O–H groups in total. The van der Waals surface area contributed by atoms with E-state index in [4.69, 9.17) is 15.8 Å². The SMILES string of the molecule is CCCc1ccc(NC(C#N)=C(C#N)C#N)c2ccccc12. The highest BCUT2D eigenvalue weighted by atomic mass is 14.9. The molecule has 0 bridgehead atoms. The van der Waals surface area contributed by atoms with Gasteiger partial charge in [-0.15, -0.1) is 0 Å². The van der Waals surface area contributed by atoms with Crippen LogP contribution in [0.3, 0.4) is 0 Å². The van der Waals surface area contributed by atoms with E-state index in [-0.39, 0.29) is 11.3 Å². The molecule has 2 aromatic carbocycles. The molecule has 4 heteroatoms. The zero-order valence-corrected chi connectivity index (χ0v) is 12.2. The second-order valence-electron chi connectivity index (χ2n) is 4.78. The summed E-state index contributed by atoms with van der Waals surface area (Å²) in [4.78, 5) is 0. The van der Waals surface area contributed by atoms with Crippen molar-refractivity contribution in [3.8, 4) is 18.2 Å². The Balaban J connectivity index is 2.58. The van der Waals surface area contributed by atoms with Gasteiger partial charge in [-0.3, -0.25) is 0 Å². The van der Waals surface area contributed by atoms with E-state index < -0.39 is 0 Å². The van der Waals surface area contributed by atoms with Crippen LogP contribution in [0, 0.1) is 34.0 Å². The summed E-state index contributed by atoms with van der Waals surface area (Å²) in [6.45, 7) is 2.13. The lowest BCUT2D eigenvalue weighted by Gasteiger charge is -2.12. The molecule has 0 spiro atoms. The molecule has 0 unspecified atom stereocenters. The summed E-state index contributed by atoms with van der Waals surface area (Å²) in [5, 5.41) is 32.0. The number of allylic oxidation sites excluding steroid dienone is 2. The molecule has 0 aliphatic rings. The maximum atomic E-state index is 9.16. The van der Waals surface area contributed by atoms with Crippen LogP contribution in [0.4, 0.5) is 5.69 Å². The summed E-state index contributed by atoms with van der Waals surface area (Å²) >= 11 is 0. The van der Waals surface area contributed by atoms with E-state index in [2.05, 4.69) is 12.2 Å². The molecular weight excluding hydrogens is 272 g/mol. The van der Waals surface area contributed by atoms with E-state index in [0.29, 0.717) is 0 Å². The van der Waals surface area contributed by atoms with Gasteiger partial charge >= 0.3 is 0 Å². The van der Waals surface area contributed by atoms with Crippen LogP contribution in [0.2, 0.25) is 0 Å². The lowest BCUT2D eigenvalue weighted by molar-refractivity contribution is 0.930. The van der Waals surface area contributed by atoms with Crippen molar-refractivity contribution in [1.29, 1.82) is 15.8 Å². The quantitative estimate of drug-likeness (QED) is 0.860. The van der Waals surface area contributed by atoms with Crippen LogP contribution in [0.5, 0.6) is 0 Å². The number of hydrogen-bond donors (Lipinski definition) is 1. The molecule has 0 amide bonds. The molecular formula is C18H14N4. The summed E-state index contributed by atoms with van der Waals surface area (Å²) in [6, 6.07) is 17.2. The number of nitrogens with zero attached hydrogens (tertiary/aromatic N) is 3. The fourth-order valence-corrected chi connectivity index (χ4v) is 2.38. The zero-order chi connectivity index (χ0) is 15.9. The number of rotatable bonds is 4. The molecule has 0 radical (unpaired) electrons. The Bertz CT molecular complexity index is 841. The monoisotopic (exact) mass is 286 g/mol. The highest BCUT2D eigenvalue weighted by Crippen LogP contribution is 2.28. The molecule has 0 fully saturated rings. The van der Waals surface area contributed by atoms with Gasteiger partial charge < -0.3 is 5.32 Å². The Morgan fingerprint density at radius 3 is 2.23 bits per heavy atom. The molecule has 106 valence electrons. The molecule has 2 rings (SSSR count). The van der Waals surface area contributed by atoms with Gasteiger partial charge in [0.15, 0.2) is 5.57 Å². The molecule has 0 aliphatic heterocycles. The summed E-state index contributed by atoms with van der Waals surface area (Å²) in [5.41, 5.74) is 1.71. The maximum absolute atomic E-state index is 9.16. The van der Waals surface area contributed by atoms with Gasteiger partial charge in [0.1, 0.15) is 23.9 Å². The van der Waals surface area contributed by atoms with E-state index >= 15 is 0 Å². The van der Waals surface area contributed by atoms with Gasteiger partial charge in [-0.2, -0.15) is 15.8 Å². The average Bonchev–Trinajstić information content (AvgIpc) is 2.57. The molecule has 0 aromatic heterocycles. The number of benzene rings is 2. The predicted molar refractivity (Wildman–Crippen MR) is 85.4 cm³/mol. The Labute approximate surface area is 129 Å². The molecule has 0 atom stereocenters. The summed E-state index contributed by atoms with van der Waals surface area (Å²) in [6.07, 6.45) is 2.02. The van der Waals surface area contributed by atoms with Crippen molar-refractivity contribution in [2.45, 2.75) is 19.8 Å². The second kappa shape index (κ2) is 6.93. The highest BCUT2D eigenvalue weighted by Gasteiger charge is 2.10. The number of fused-ring (bicyclic) bond motifs is 1. The van der Waals surface area contributed by atoms with Gasteiger partial charge in [0.2, 0.25) is 0 Å². The molecule has 22 heavy (non-hydrogen) atoms. The van der Waals surface area contributed by atoms with Crippen molar-refractivity contribution >= 4 is 16.5 Å². The van der Waals surface area contributed by atoms with Gasteiger partial charge in [-0.05, 0) is 23.4 Å². The molecule has 0 aliphatic carbocycles. The Morgan fingerprint density at radius 1 is 0.955 bits per heavy atom. The van der Waals surface area contributed by atoms with Crippen molar-refractivity contribution in [2.24, 2.45) is 0 Å². The van der Waals surface area contributed by atoms with E-state index in [1.165, 1.54) is 5.56 Å². The zero-order valence-electron chi connectivity index (χ0n) is 12.2. The van der Waals surface area contributed by atoms with Crippen LogP contribution in [0.15, 0.2) is 47.7 Å². The number of nitriles is 3. The molecule has 0 saturated carbocycles. The number of nitrogens with one attached hydrogen (secondary N) is 1. The summed E-state index contributed by atoms with van der Waals surface area (Å²) in [5.74, 6) is 0. The average molecular weight is 286 g/mol. The minimum absolute atomic E-state index is 0.0293. The molecule has 0 saturated heterocycles. The smallest absolute Gasteiger partial charge is 0.163 e. The fourth-order valence-electron chi connectivity index (χ4n) is 2.38. The first-order valence-corrected chi connectivity index (χ1v) is 6.97. The first-order valence-electron chi connectivity index (χ1n) is 6.97. The van der Waals surface area contributed by atoms with Crippen LogP contribution in [-0.4, -0.2) is 0 Å². The fraction of sp³-hybridized carbons (Fsp3) is 0.167. The first kappa shape index (κ1) is 15.1. The van der Waals surface area contributed by atoms with Crippen LogP contribution in [-0.2, 0) is 6.42 Å². The number of hydrogen-bond acceptors (Lipinski definition) is 4. The third-order valence-electron chi connectivity index (χ3n) is 3.38. The lowest BCUT2D eigenvalue weighted by atomic mass is 9.99. The van der Waals surface area contributed by atoms with E-state index in [1.54, 1.807) is 12.1 Å². The van der Waals surface area contributed by atoms with Crippen molar-refractivity contribution in [3.63, 3.8) is 0 Å². The van der Waals surface area contributed by atoms with Gasteiger partial charge in [0, 0.05) is 11.1 Å². The Hall–Kier alpha value is -3.29. The topological polar surface area (TPSA) is 83.4 Å². The van der Waals surface area contributed by atoms with Crippen LogP contribution in [0.1, 0.15) is 18.9 Å². The Kier molecular flexibility index (Phi) is 4.76. The van der Waals surface area contributed by atoms with Gasteiger partial charge in [0.05, 0.1) is 0 Å². The standard InChI is InChI=1S/C18H14N4/c1-2-5-13-8-9-17(16-7-4-3-6-15(13)16)22-18(12-21)14(10-19)11-20/h3-4,6-9,22H,2,5H2,1H3. The van der Waals surface area contributed by atoms with Gasteiger partial charge in [-0.1, -0.05) is 43.7 Å². The van der Waals surface area contributed by atoms with Crippen molar-refractivity contribution in [1.82, 2.24) is 0 Å². The molecule has 0 heterocycles. The largest absolute Gasteiger partial charge is 0.345 e. The van der Waals surface area contributed by atoms with Crippen molar-refractivity contribution < 1.29 is 0 Å². The van der Waals surface area contributed by atoms with E-state index in [0.717, 1.165) is 29.3 Å². The van der Waals surface area contributed by atoms with Crippen molar-refractivity contribution in [3.05, 3.63) is 53.2 Å². The van der Waals surface area contributed by atoms with Gasteiger partial charge in [-0.25, -0.2) is 0 Å². The number of aryl methyl sites for hydroxylation is 1. The Morgan fingerprint density at radius 2 is 1.64 bits per heavy atom. The molecule has 2 aromatic rings. The third kappa shape index (κ3) is 2.90. The maximum Gasteiger partial charge on any atom is 0.163 e. The lowest BCUT2D eigenvalue weighted by Crippen LogP contribution is -2.02. The van der Waals surface area contributed by atoms with Crippen molar-refractivity contribution in [2.75, 3.05) is 5.32 Å². The summed E-state index contributed by atoms with van der Waals surface area (Å²) in [7, 11) is 0. The molecule has 4 nitrogen and oxygen atoms in total. The van der Waals surface area contributed by atoms with Crippen LogP contribution in [0.25, 0.3) is 10.8 Å². The normalized spacial score (nSPS) is 9.36. The second-order valence-corrected chi connectivity index (χ2v) is 4.78. The first-order chi connectivity index (χ1) is 10.7.